The Balaban J connectivity index is 1.44. The van der Waals surface area contributed by atoms with E-state index in [-0.39, 0.29) is 16.8 Å². The lowest BCUT2D eigenvalue weighted by Gasteiger charge is -2.17. The summed E-state index contributed by atoms with van der Waals surface area (Å²) in [4.78, 5) is 22.7. The van der Waals surface area contributed by atoms with Gasteiger partial charge in [0.25, 0.3) is 0 Å². The maximum absolute atomic E-state index is 14.4. The van der Waals surface area contributed by atoms with E-state index in [4.69, 9.17) is 20.0 Å². The second kappa shape index (κ2) is 10.4. The molecule has 3 aromatic heterocycles. The van der Waals surface area contributed by atoms with E-state index < -0.39 is 11.9 Å². The van der Waals surface area contributed by atoms with Gasteiger partial charge in [-0.25, -0.2) is 19.0 Å². The summed E-state index contributed by atoms with van der Waals surface area (Å²) in [6, 6.07) is 24.2. The van der Waals surface area contributed by atoms with Crippen molar-refractivity contribution in [2.75, 3.05) is 12.3 Å². The quantitative estimate of drug-likeness (QED) is 0.226. The Morgan fingerprint density at radius 1 is 0.953 bits per heavy atom. The van der Waals surface area contributed by atoms with Gasteiger partial charge in [0, 0.05) is 5.56 Å². The second-order valence-corrected chi connectivity index (χ2v) is 10.3. The van der Waals surface area contributed by atoms with Crippen LogP contribution in [0.3, 0.4) is 0 Å². The first kappa shape index (κ1) is 26.3. The van der Waals surface area contributed by atoms with Crippen molar-refractivity contribution in [2.45, 2.75) is 19.9 Å². The van der Waals surface area contributed by atoms with Crippen LogP contribution in [0.4, 0.5) is 10.2 Å². The van der Waals surface area contributed by atoms with Crippen molar-refractivity contribution >= 4 is 38.6 Å². The maximum atomic E-state index is 14.4. The first-order valence-corrected chi connectivity index (χ1v) is 13.9. The van der Waals surface area contributed by atoms with Crippen molar-refractivity contribution in [3.8, 4) is 28.1 Å². The van der Waals surface area contributed by atoms with Crippen LogP contribution >= 0.6 is 0 Å². The summed E-state index contributed by atoms with van der Waals surface area (Å²) in [6.45, 7) is 4.40. The summed E-state index contributed by atoms with van der Waals surface area (Å²) in [5.74, 6) is 0.940. The Kier molecular flexibility index (Phi) is 6.35. The van der Waals surface area contributed by atoms with Crippen LogP contribution < -0.4 is 15.9 Å². The van der Waals surface area contributed by atoms with Gasteiger partial charge in [0.05, 0.1) is 22.9 Å². The van der Waals surface area contributed by atoms with Crippen molar-refractivity contribution in [1.29, 1.82) is 0 Å². The predicted molar refractivity (Wildman–Crippen MR) is 166 cm³/mol. The Morgan fingerprint density at radius 3 is 2.60 bits per heavy atom. The second-order valence-electron chi connectivity index (χ2n) is 10.3. The normalized spacial score (nSPS) is 12.3. The number of hydrogen-bond donors (Lipinski definition) is 1. The number of benzene rings is 4. The molecule has 9 heteroatoms. The fraction of sp³-hybridized carbons (Fsp3) is 0.118. The molecule has 0 bridgehead atoms. The standard InChI is InChI=1S/C34H26FN5O3/c1-3-42-25-14-13-20-15-23(12-11-21(20)17-25)30-29-33(36)37-18-38-34(29)40(39-30)19(2)32-28(22-7-6-8-24(35)16-22)31(41)26-9-4-5-10-27(26)43-32/h4-19H,3H2,1-2H3,(H2,36,37,38). The number of fused-ring (bicyclic) bond motifs is 3. The van der Waals surface area contributed by atoms with Gasteiger partial charge < -0.3 is 14.9 Å². The van der Waals surface area contributed by atoms with E-state index in [1.165, 1.54) is 18.5 Å². The zero-order chi connectivity index (χ0) is 29.7. The summed E-state index contributed by atoms with van der Waals surface area (Å²) in [5, 5.41) is 7.99. The molecule has 1 atom stereocenters. The van der Waals surface area contributed by atoms with Gasteiger partial charge in [-0.15, -0.1) is 0 Å². The van der Waals surface area contributed by atoms with E-state index >= 15 is 0 Å². The number of nitrogens with two attached hydrogens (primary N) is 1. The molecular weight excluding hydrogens is 545 g/mol. The Hall–Kier alpha value is -5.57. The highest BCUT2D eigenvalue weighted by Gasteiger charge is 2.27. The molecule has 2 N–H and O–H groups in total. The highest BCUT2D eigenvalue weighted by molar-refractivity contribution is 6.00. The summed E-state index contributed by atoms with van der Waals surface area (Å²) < 4.78 is 28.1. The van der Waals surface area contributed by atoms with Gasteiger partial charge in [-0.05, 0) is 72.6 Å². The molecule has 0 aliphatic heterocycles. The molecule has 0 aliphatic carbocycles. The van der Waals surface area contributed by atoms with Crippen LogP contribution in [0, 0.1) is 5.82 Å². The van der Waals surface area contributed by atoms with E-state index in [1.54, 1.807) is 41.1 Å². The van der Waals surface area contributed by atoms with E-state index in [9.17, 15) is 9.18 Å². The highest BCUT2D eigenvalue weighted by Crippen LogP contribution is 2.37. The Morgan fingerprint density at radius 2 is 1.77 bits per heavy atom. The average Bonchev–Trinajstić information content (AvgIpc) is 3.41. The molecule has 212 valence electrons. The van der Waals surface area contributed by atoms with Gasteiger partial charge >= 0.3 is 0 Å². The number of anilines is 1. The monoisotopic (exact) mass is 571 g/mol. The molecular formula is C34H26FN5O3. The van der Waals surface area contributed by atoms with E-state index in [1.807, 2.05) is 50.2 Å². The summed E-state index contributed by atoms with van der Waals surface area (Å²) in [6.07, 6.45) is 1.38. The minimum Gasteiger partial charge on any atom is -0.494 e. The third-order valence-electron chi connectivity index (χ3n) is 7.60. The number of rotatable bonds is 6. The van der Waals surface area contributed by atoms with E-state index in [0.717, 1.165) is 22.1 Å². The van der Waals surface area contributed by atoms with Crippen LogP contribution in [-0.4, -0.2) is 26.4 Å². The summed E-state index contributed by atoms with van der Waals surface area (Å²) >= 11 is 0. The lowest BCUT2D eigenvalue weighted by atomic mass is 9.99. The number of nitrogens with zero attached hydrogens (tertiary/aromatic N) is 4. The maximum Gasteiger partial charge on any atom is 0.200 e. The van der Waals surface area contributed by atoms with Crippen LogP contribution in [0.15, 0.2) is 100 Å². The molecule has 0 spiro atoms. The van der Waals surface area contributed by atoms with Gasteiger partial charge in [-0.3, -0.25) is 4.79 Å². The van der Waals surface area contributed by atoms with Crippen molar-refractivity contribution in [3.63, 3.8) is 0 Å². The molecule has 0 saturated heterocycles. The van der Waals surface area contributed by atoms with Gasteiger partial charge in [0.15, 0.2) is 5.65 Å². The van der Waals surface area contributed by atoms with Crippen molar-refractivity contribution < 1.29 is 13.5 Å². The van der Waals surface area contributed by atoms with Crippen LogP contribution in [0.5, 0.6) is 5.75 Å². The van der Waals surface area contributed by atoms with Gasteiger partial charge in [0.2, 0.25) is 5.43 Å². The molecule has 7 rings (SSSR count). The van der Waals surface area contributed by atoms with Crippen LogP contribution in [-0.2, 0) is 0 Å². The van der Waals surface area contributed by atoms with Crippen molar-refractivity contribution in [3.05, 3.63) is 113 Å². The summed E-state index contributed by atoms with van der Waals surface area (Å²) in [5.41, 5.74) is 9.12. The fourth-order valence-electron chi connectivity index (χ4n) is 5.58. The Bertz CT molecular complexity index is 2240. The minimum absolute atomic E-state index is 0.258. The van der Waals surface area contributed by atoms with Gasteiger partial charge in [-0.1, -0.05) is 42.5 Å². The zero-order valence-electron chi connectivity index (χ0n) is 23.4. The lowest BCUT2D eigenvalue weighted by Crippen LogP contribution is -2.16. The number of aromatic nitrogens is 4. The van der Waals surface area contributed by atoms with Gasteiger partial charge in [0.1, 0.15) is 46.8 Å². The largest absolute Gasteiger partial charge is 0.494 e. The highest BCUT2D eigenvalue weighted by atomic mass is 19.1. The SMILES string of the molecule is CCOc1ccc2cc(-c3nn(C(C)c4oc5ccccc5c(=O)c4-c4cccc(F)c4)c4ncnc(N)c34)ccc2c1. The van der Waals surface area contributed by atoms with Crippen LogP contribution in [0.1, 0.15) is 25.6 Å². The van der Waals surface area contributed by atoms with E-state index in [0.29, 0.717) is 45.6 Å². The molecule has 0 amide bonds. The molecule has 0 fully saturated rings. The van der Waals surface area contributed by atoms with Crippen LogP contribution in [0.2, 0.25) is 0 Å². The fourth-order valence-corrected chi connectivity index (χ4v) is 5.58. The number of para-hydroxylation sites is 1. The number of ether oxygens (including phenoxy) is 1. The third kappa shape index (κ3) is 4.46. The molecule has 4 aromatic carbocycles. The zero-order valence-corrected chi connectivity index (χ0v) is 23.4. The Labute approximate surface area is 245 Å². The van der Waals surface area contributed by atoms with Crippen molar-refractivity contribution in [1.82, 2.24) is 19.7 Å². The van der Waals surface area contributed by atoms with Crippen LogP contribution in [0.25, 0.3) is 55.2 Å². The smallest absolute Gasteiger partial charge is 0.200 e. The first-order valence-electron chi connectivity index (χ1n) is 13.9. The van der Waals surface area contributed by atoms with Gasteiger partial charge in [-0.2, -0.15) is 5.10 Å². The topological polar surface area (TPSA) is 109 Å². The third-order valence-corrected chi connectivity index (χ3v) is 7.60. The molecule has 8 nitrogen and oxygen atoms in total. The average molecular weight is 572 g/mol. The van der Waals surface area contributed by atoms with E-state index in [2.05, 4.69) is 9.97 Å². The molecule has 7 aromatic rings. The number of halogens is 1. The molecule has 0 saturated carbocycles. The van der Waals surface area contributed by atoms with Crippen molar-refractivity contribution in [2.24, 2.45) is 0 Å². The first-order chi connectivity index (χ1) is 20.9. The number of nitrogen functional groups attached to an aromatic ring is 1. The molecule has 0 aliphatic rings. The predicted octanol–water partition coefficient (Wildman–Crippen LogP) is 7.15. The molecule has 0 radical (unpaired) electrons. The minimum atomic E-state index is -0.629. The molecule has 1 unspecified atom stereocenters. The summed E-state index contributed by atoms with van der Waals surface area (Å²) in [7, 11) is 0. The lowest BCUT2D eigenvalue weighted by molar-refractivity contribution is 0.341. The number of hydrogen-bond acceptors (Lipinski definition) is 7. The molecule has 3 heterocycles. The molecule has 43 heavy (non-hydrogen) atoms.